The monoisotopic (exact) mass is 368 g/mol. The summed E-state index contributed by atoms with van der Waals surface area (Å²) >= 11 is 0. The predicted octanol–water partition coefficient (Wildman–Crippen LogP) is 4.20. The van der Waals surface area contributed by atoms with E-state index in [0.29, 0.717) is 0 Å². The van der Waals surface area contributed by atoms with Crippen LogP contribution in [0.5, 0.6) is 0 Å². The summed E-state index contributed by atoms with van der Waals surface area (Å²) in [5, 5.41) is 2.95. The quantitative estimate of drug-likeness (QED) is 0.687. The first-order valence-corrected chi connectivity index (χ1v) is 9.18. The largest absolute Gasteiger partial charge is 0.325 e. The Bertz CT molecular complexity index is 959. The second-order valence-electron chi connectivity index (χ2n) is 6.64. The third kappa shape index (κ3) is 3.09. The lowest BCUT2D eigenvalue weighted by Crippen LogP contribution is -2.45. The highest BCUT2D eigenvalue weighted by molar-refractivity contribution is 6.09. The van der Waals surface area contributed by atoms with E-state index in [1.165, 1.54) is 4.90 Å². The van der Waals surface area contributed by atoms with Crippen molar-refractivity contribution in [2.75, 3.05) is 6.54 Å². The molecule has 3 aromatic rings. The van der Waals surface area contributed by atoms with Crippen LogP contribution in [0, 0.1) is 0 Å². The number of carbonyl (C=O) groups excluding carboxylic acids is 2. The highest BCUT2D eigenvalue weighted by Gasteiger charge is 2.53. The van der Waals surface area contributed by atoms with Crippen LogP contribution in [0.25, 0.3) is 6.08 Å². The number of amides is 3. The van der Waals surface area contributed by atoms with Crippen molar-refractivity contribution in [2.24, 2.45) is 0 Å². The van der Waals surface area contributed by atoms with Gasteiger partial charge in [0, 0.05) is 6.54 Å². The summed E-state index contributed by atoms with van der Waals surface area (Å²) in [4.78, 5) is 27.5. The van der Waals surface area contributed by atoms with Gasteiger partial charge in [-0.1, -0.05) is 103 Å². The molecule has 0 bridgehead atoms. The number of hydrogen-bond acceptors (Lipinski definition) is 2. The fourth-order valence-corrected chi connectivity index (χ4v) is 3.53. The minimum absolute atomic E-state index is 0.209. The third-order valence-electron chi connectivity index (χ3n) is 4.92. The van der Waals surface area contributed by atoms with Gasteiger partial charge >= 0.3 is 6.03 Å². The lowest BCUT2D eigenvalue weighted by molar-refractivity contribution is -0.129. The minimum Gasteiger partial charge on any atom is -0.315 e. The molecule has 1 heterocycles. The summed E-state index contributed by atoms with van der Waals surface area (Å²) in [6, 6.07) is 28.1. The van der Waals surface area contributed by atoms with Crippen LogP contribution in [0.4, 0.5) is 4.79 Å². The number of nitrogens with one attached hydrogen (secondary N) is 1. The van der Waals surface area contributed by atoms with Gasteiger partial charge in [-0.15, -0.1) is 0 Å². The SMILES string of the molecule is O=C1NC(c2ccccc2)(c2ccccc2)C(=O)N1CC=Cc1ccccc1. The fourth-order valence-electron chi connectivity index (χ4n) is 3.53. The molecule has 3 amide bonds. The van der Waals surface area contributed by atoms with Gasteiger partial charge in [0.15, 0.2) is 5.54 Å². The van der Waals surface area contributed by atoms with Crippen molar-refractivity contribution >= 4 is 18.0 Å². The van der Waals surface area contributed by atoms with Gasteiger partial charge < -0.3 is 5.32 Å². The first kappa shape index (κ1) is 17.7. The van der Waals surface area contributed by atoms with Crippen LogP contribution in [0.15, 0.2) is 97.1 Å². The molecule has 0 saturated carbocycles. The maximum absolute atomic E-state index is 13.5. The number of imide groups is 1. The smallest absolute Gasteiger partial charge is 0.315 e. The van der Waals surface area contributed by atoms with Crippen molar-refractivity contribution in [2.45, 2.75) is 5.54 Å². The molecular formula is C24H20N2O2. The Labute approximate surface area is 164 Å². The van der Waals surface area contributed by atoms with Crippen molar-refractivity contribution in [3.05, 3.63) is 114 Å². The molecule has 1 saturated heterocycles. The Morgan fingerprint density at radius 1 is 0.750 bits per heavy atom. The summed E-state index contributed by atoms with van der Waals surface area (Å²) in [7, 11) is 0. The first-order chi connectivity index (χ1) is 13.7. The second kappa shape index (κ2) is 7.53. The van der Waals surface area contributed by atoms with Crippen LogP contribution in [0.1, 0.15) is 16.7 Å². The normalized spacial score (nSPS) is 15.8. The third-order valence-corrected chi connectivity index (χ3v) is 4.92. The lowest BCUT2D eigenvalue weighted by Gasteiger charge is -2.27. The average Bonchev–Trinajstić information content (AvgIpc) is 3.01. The zero-order chi connectivity index (χ0) is 19.4. The van der Waals surface area contributed by atoms with Crippen LogP contribution in [0.2, 0.25) is 0 Å². The predicted molar refractivity (Wildman–Crippen MR) is 109 cm³/mol. The molecule has 1 aliphatic heterocycles. The molecule has 0 aromatic heterocycles. The topological polar surface area (TPSA) is 49.4 Å². The minimum atomic E-state index is -1.21. The highest BCUT2D eigenvalue weighted by atomic mass is 16.2. The van der Waals surface area contributed by atoms with E-state index in [-0.39, 0.29) is 12.5 Å². The zero-order valence-electron chi connectivity index (χ0n) is 15.3. The summed E-state index contributed by atoms with van der Waals surface area (Å²) in [5.41, 5.74) is 1.30. The Morgan fingerprint density at radius 3 is 1.79 bits per heavy atom. The molecule has 1 N–H and O–H groups in total. The molecule has 0 aliphatic carbocycles. The highest BCUT2D eigenvalue weighted by Crippen LogP contribution is 2.35. The van der Waals surface area contributed by atoms with Crippen molar-refractivity contribution in [3.63, 3.8) is 0 Å². The van der Waals surface area contributed by atoms with Crippen LogP contribution in [-0.4, -0.2) is 23.4 Å². The van der Waals surface area contributed by atoms with E-state index in [1.54, 1.807) is 0 Å². The Morgan fingerprint density at radius 2 is 1.25 bits per heavy atom. The van der Waals surface area contributed by atoms with Crippen LogP contribution < -0.4 is 5.32 Å². The molecule has 1 aliphatic rings. The molecule has 28 heavy (non-hydrogen) atoms. The van der Waals surface area contributed by atoms with Gasteiger partial charge in [-0.05, 0) is 16.7 Å². The van der Waals surface area contributed by atoms with E-state index in [0.717, 1.165) is 16.7 Å². The molecule has 0 spiro atoms. The molecule has 0 atom stereocenters. The van der Waals surface area contributed by atoms with Gasteiger partial charge in [0.05, 0.1) is 0 Å². The molecule has 4 nitrogen and oxygen atoms in total. The number of rotatable bonds is 5. The maximum Gasteiger partial charge on any atom is 0.325 e. The van der Waals surface area contributed by atoms with Crippen molar-refractivity contribution in [1.82, 2.24) is 10.2 Å². The van der Waals surface area contributed by atoms with E-state index in [1.807, 2.05) is 103 Å². The molecule has 0 unspecified atom stereocenters. The van der Waals surface area contributed by atoms with E-state index in [9.17, 15) is 9.59 Å². The lowest BCUT2D eigenvalue weighted by atomic mass is 9.82. The summed E-state index contributed by atoms with van der Waals surface area (Å²) < 4.78 is 0. The summed E-state index contributed by atoms with van der Waals surface area (Å²) in [6.07, 6.45) is 3.74. The van der Waals surface area contributed by atoms with Crippen molar-refractivity contribution in [3.8, 4) is 0 Å². The Hall–Kier alpha value is -3.66. The van der Waals surface area contributed by atoms with Gasteiger partial charge in [-0.2, -0.15) is 0 Å². The number of urea groups is 1. The van der Waals surface area contributed by atoms with Gasteiger partial charge in [-0.25, -0.2) is 4.79 Å². The molecule has 4 rings (SSSR count). The van der Waals surface area contributed by atoms with Gasteiger partial charge in [0.25, 0.3) is 5.91 Å². The Kier molecular flexibility index (Phi) is 4.77. The summed E-state index contributed by atoms with van der Waals surface area (Å²) in [6.45, 7) is 0.209. The van der Waals surface area contributed by atoms with Gasteiger partial charge in [0.2, 0.25) is 0 Å². The van der Waals surface area contributed by atoms with E-state index in [4.69, 9.17) is 0 Å². The second-order valence-corrected chi connectivity index (χ2v) is 6.64. The molecular weight excluding hydrogens is 348 g/mol. The van der Waals surface area contributed by atoms with E-state index < -0.39 is 11.6 Å². The standard InChI is InChI=1S/C24H20N2O2/c27-22-24(20-14-6-2-7-15-20,21-16-8-3-9-17-21)25-23(28)26(22)18-10-13-19-11-4-1-5-12-19/h1-17H,18H2,(H,25,28). The molecule has 138 valence electrons. The van der Waals surface area contributed by atoms with E-state index >= 15 is 0 Å². The first-order valence-electron chi connectivity index (χ1n) is 9.18. The number of hydrogen-bond donors (Lipinski definition) is 1. The fraction of sp³-hybridized carbons (Fsp3) is 0.0833. The van der Waals surface area contributed by atoms with Gasteiger partial charge in [-0.3, -0.25) is 9.69 Å². The summed E-state index contributed by atoms with van der Waals surface area (Å²) in [5.74, 6) is -0.271. The maximum atomic E-state index is 13.5. The number of benzene rings is 3. The molecule has 0 radical (unpaired) electrons. The van der Waals surface area contributed by atoms with Crippen molar-refractivity contribution in [1.29, 1.82) is 0 Å². The zero-order valence-corrected chi connectivity index (χ0v) is 15.3. The van der Waals surface area contributed by atoms with Crippen molar-refractivity contribution < 1.29 is 9.59 Å². The molecule has 1 fully saturated rings. The van der Waals surface area contributed by atoms with Crippen LogP contribution in [0.3, 0.4) is 0 Å². The number of carbonyl (C=O) groups is 2. The average molecular weight is 368 g/mol. The Balaban J connectivity index is 1.68. The van der Waals surface area contributed by atoms with Crippen LogP contribution >= 0.6 is 0 Å². The number of nitrogens with zero attached hydrogens (tertiary/aromatic N) is 1. The van der Waals surface area contributed by atoms with Gasteiger partial charge in [0.1, 0.15) is 0 Å². The molecule has 3 aromatic carbocycles. The molecule has 4 heteroatoms. The van der Waals surface area contributed by atoms with Crippen LogP contribution in [-0.2, 0) is 10.3 Å². The van der Waals surface area contributed by atoms with E-state index in [2.05, 4.69) is 5.32 Å².